The van der Waals surface area contributed by atoms with Crippen LogP contribution in [0.25, 0.3) is 0 Å². The maximum atomic E-state index is 11.7. The van der Waals surface area contributed by atoms with Crippen molar-refractivity contribution in [2.75, 3.05) is 20.3 Å². The van der Waals surface area contributed by atoms with Crippen LogP contribution in [-0.4, -0.2) is 43.6 Å². The zero-order valence-corrected chi connectivity index (χ0v) is 11.8. The molecule has 0 N–H and O–H groups in total. The molecule has 1 aromatic carbocycles. The van der Waals surface area contributed by atoms with Crippen LogP contribution in [0.2, 0.25) is 0 Å². The molecule has 0 saturated carbocycles. The van der Waals surface area contributed by atoms with Crippen molar-refractivity contribution in [3.63, 3.8) is 0 Å². The molecule has 1 aliphatic rings. The van der Waals surface area contributed by atoms with E-state index in [0.717, 1.165) is 24.0 Å². The van der Waals surface area contributed by atoms with Gasteiger partial charge in [0.25, 0.3) is 0 Å². The summed E-state index contributed by atoms with van der Waals surface area (Å²) in [5, 5.41) is 0. The first-order valence-electron chi connectivity index (χ1n) is 6.75. The van der Waals surface area contributed by atoms with E-state index in [2.05, 4.69) is 0 Å². The van der Waals surface area contributed by atoms with E-state index in [1.165, 1.54) is 0 Å². The van der Waals surface area contributed by atoms with Gasteiger partial charge >= 0.3 is 6.09 Å². The van der Waals surface area contributed by atoms with Gasteiger partial charge in [0, 0.05) is 12.1 Å². The molecule has 0 aliphatic carbocycles. The summed E-state index contributed by atoms with van der Waals surface area (Å²) >= 11 is 0. The fraction of sp³-hybridized carbons (Fsp3) is 0.467. The van der Waals surface area contributed by atoms with Crippen LogP contribution >= 0.6 is 0 Å². The first kappa shape index (κ1) is 14.4. The van der Waals surface area contributed by atoms with Crippen molar-refractivity contribution in [2.24, 2.45) is 0 Å². The second-order valence-electron chi connectivity index (χ2n) is 4.82. The summed E-state index contributed by atoms with van der Waals surface area (Å²) in [4.78, 5) is 24.3. The molecule has 5 nitrogen and oxygen atoms in total. The average molecular weight is 277 g/mol. The average Bonchev–Trinajstić information content (AvgIpc) is 2.80. The van der Waals surface area contributed by atoms with Gasteiger partial charge in [0.15, 0.2) is 0 Å². The number of carbonyl (C=O) groups is 2. The Balaban J connectivity index is 2.20. The van der Waals surface area contributed by atoms with Crippen molar-refractivity contribution in [2.45, 2.75) is 25.8 Å². The van der Waals surface area contributed by atoms with E-state index in [-0.39, 0.29) is 12.1 Å². The summed E-state index contributed by atoms with van der Waals surface area (Å²) in [7, 11) is 1.60. The van der Waals surface area contributed by atoms with Gasteiger partial charge < -0.3 is 14.4 Å². The molecule has 1 heterocycles. The normalized spacial score (nSPS) is 18.0. The molecule has 1 aliphatic heterocycles. The molecule has 0 bridgehead atoms. The minimum absolute atomic E-state index is 0.00162. The SMILES string of the molecule is CCCN1C(=O)OCC1Cc1cc(C=O)ccc1OC. The molecule has 20 heavy (non-hydrogen) atoms. The lowest BCUT2D eigenvalue weighted by atomic mass is 10.0. The summed E-state index contributed by atoms with van der Waals surface area (Å²) in [5.74, 6) is 0.728. The third kappa shape index (κ3) is 2.92. The van der Waals surface area contributed by atoms with Gasteiger partial charge in [-0.2, -0.15) is 0 Å². The number of methoxy groups -OCH3 is 1. The number of hydrogen-bond acceptors (Lipinski definition) is 4. The monoisotopic (exact) mass is 277 g/mol. The smallest absolute Gasteiger partial charge is 0.410 e. The van der Waals surface area contributed by atoms with Crippen molar-refractivity contribution in [1.82, 2.24) is 4.90 Å². The van der Waals surface area contributed by atoms with E-state index in [4.69, 9.17) is 9.47 Å². The van der Waals surface area contributed by atoms with Crippen LogP contribution in [0.1, 0.15) is 29.3 Å². The Morgan fingerprint density at radius 2 is 2.30 bits per heavy atom. The number of carbonyl (C=O) groups excluding carboxylic acids is 2. The second kappa shape index (κ2) is 6.41. The number of rotatable bonds is 6. The molecule has 2 rings (SSSR count). The number of cyclic esters (lactones) is 1. The van der Waals surface area contributed by atoms with Crippen LogP contribution in [0.5, 0.6) is 5.75 Å². The molecule has 1 aromatic rings. The Morgan fingerprint density at radius 3 is 2.95 bits per heavy atom. The third-order valence-electron chi connectivity index (χ3n) is 3.44. The quantitative estimate of drug-likeness (QED) is 0.749. The molecule has 0 spiro atoms. The lowest BCUT2D eigenvalue weighted by Crippen LogP contribution is -2.35. The first-order valence-corrected chi connectivity index (χ1v) is 6.75. The van der Waals surface area contributed by atoms with Crippen LogP contribution in [0.15, 0.2) is 18.2 Å². The number of ether oxygens (including phenoxy) is 2. The standard InChI is InChI=1S/C15H19NO4/c1-3-6-16-13(10-20-15(16)18)8-12-7-11(9-17)4-5-14(12)19-2/h4-5,7,9,13H,3,6,8,10H2,1-2H3. The maximum absolute atomic E-state index is 11.7. The molecule has 1 amide bonds. The summed E-state index contributed by atoms with van der Waals surface area (Å²) in [5.41, 5.74) is 1.52. The number of aldehydes is 1. The van der Waals surface area contributed by atoms with Gasteiger partial charge in [0.1, 0.15) is 18.6 Å². The lowest BCUT2D eigenvalue weighted by molar-refractivity contribution is 0.112. The van der Waals surface area contributed by atoms with E-state index in [0.29, 0.717) is 25.1 Å². The first-order chi connectivity index (χ1) is 9.69. The summed E-state index contributed by atoms with van der Waals surface area (Å²) in [6.07, 6.45) is 2.05. The highest BCUT2D eigenvalue weighted by molar-refractivity contribution is 5.75. The Bertz CT molecular complexity index is 501. The Labute approximate surface area is 118 Å². The summed E-state index contributed by atoms with van der Waals surface area (Å²) in [6.45, 7) is 3.09. The fourth-order valence-corrected chi connectivity index (χ4v) is 2.46. The molecule has 0 radical (unpaired) electrons. The van der Waals surface area contributed by atoms with Crippen LogP contribution in [-0.2, 0) is 11.2 Å². The van der Waals surface area contributed by atoms with E-state index in [1.54, 1.807) is 30.2 Å². The highest BCUT2D eigenvalue weighted by Crippen LogP contribution is 2.24. The molecule has 1 fully saturated rings. The van der Waals surface area contributed by atoms with Crippen molar-refractivity contribution in [3.05, 3.63) is 29.3 Å². The molecule has 1 unspecified atom stereocenters. The molecule has 108 valence electrons. The van der Waals surface area contributed by atoms with Crippen molar-refractivity contribution in [1.29, 1.82) is 0 Å². The van der Waals surface area contributed by atoms with Crippen LogP contribution < -0.4 is 4.74 Å². The zero-order valence-electron chi connectivity index (χ0n) is 11.8. The van der Waals surface area contributed by atoms with E-state index in [9.17, 15) is 9.59 Å². The van der Waals surface area contributed by atoms with Gasteiger partial charge in [0.2, 0.25) is 0 Å². The van der Waals surface area contributed by atoms with Crippen molar-refractivity contribution in [3.8, 4) is 5.75 Å². The number of hydrogen-bond donors (Lipinski definition) is 0. The van der Waals surface area contributed by atoms with Gasteiger partial charge in [-0.1, -0.05) is 6.92 Å². The van der Waals surface area contributed by atoms with Crippen molar-refractivity contribution >= 4 is 12.4 Å². The largest absolute Gasteiger partial charge is 0.496 e. The molecule has 0 aromatic heterocycles. The Morgan fingerprint density at radius 1 is 1.50 bits per heavy atom. The van der Waals surface area contributed by atoms with Gasteiger partial charge in [0.05, 0.1) is 13.2 Å². The van der Waals surface area contributed by atoms with Crippen LogP contribution in [0.3, 0.4) is 0 Å². The highest BCUT2D eigenvalue weighted by Gasteiger charge is 2.32. The minimum atomic E-state index is -0.262. The number of amides is 1. The predicted octanol–water partition coefficient (Wildman–Crippen LogP) is 2.28. The number of nitrogens with zero attached hydrogens (tertiary/aromatic N) is 1. The fourth-order valence-electron chi connectivity index (χ4n) is 2.46. The van der Waals surface area contributed by atoms with E-state index < -0.39 is 0 Å². The molecule has 1 saturated heterocycles. The molecule has 5 heteroatoms. The highest BCUT2D eigenvalue weighted by atomic mass is 16.6. The Hall–Kier alpha value is -2.04. The predicted molar refractivity (Wildman–Crippen MR) is 74.2 cm³/mol. The number of benzene rings is 1. The molecular formula is C15H19NO4. The van der Waals surface area contributed by atoms with E-state index >= 15 is 0 Å². The van der Waals surface area contributed by atoms with Crippen LogP contribution in [0.4, 0.5) is 4.79 Å². The maximum Gasteiger partial charge on any atom is 0.410 e. The summed E-state index contributed by atoms with van der Waals surface area (Å²) < 4.78 is 10.4. The second-order valence-corrected chi connectivity index (χ2v) is 4.82. The van der Waals surface area contributed by atoms with Gasteiger partial charge in [-0.15, -0.1) is 0 Å². The van der Waals surface area contributed by atoms with Crippen molar-refractivity contribution < 1.29 is 19.1 Å². The molecule has 1 atom stereocenters. The third-order valence-corrected chi connectivity index (χ3v) is 3.44. The van der Waals surface area contributed by atoms with Gasteiger partial charge in [-0.25, -0.2) is 4.79 Å². The van der Waals surface area contributed by atoms with Gasteiger partial charge in [-0.3, -0.25) is 4.79 Å². The zero-order chi connectivity index (χ0) is 14.5. The summed E-state index contributed by atoms with van der Waals surface area (Å²) in [6, 6.07) is 5.30. The minimum Gasteiger partial charge on any atom is -0.496 e. The topological polar surface area (TPSA) is 55.8 Å². The van der Waals surface area contributed by atoms with E-state index in [1.807, 2.05) is 6.92 Å². The lowest BCUT2D eigenvalue weighted by Gasteiger charge is -2.21. The van der Waals surface area contributed by atoms with Crippen LogP contribution in [0, 0.1) is 0 Å². The molecular weight excluding hydrogens is 258 g/mol. The van der Waals surface area contributed by atoms with Gasteiger partial charge in [-0.05, 0) is 36.6 Å². The Kier molecular flexibility index (Phi) is 4.61.